The van der Waals surface area contributed by atoms with E-state index in [1.807, 2.05) is 0 Å². The number of nitrogens with one attached hydrogen (secondary N) is 1. The van der Waals surface area contributed by atoms with Gasteiger partial charge in [0.2, 0.25) is 11.6 Å². The van der Waals surface area contributed by atoms with Crippen molar-refractivity contribution in [1.29, 1.82) is 0 Å². The van der Waals surface area contributed by atoms with Crippen LogP contribution in [0, 0.1) is 0 Å². The Hall–Kier alpha value is -1.32. The summed E-state index contributed by atoms with van der Waals surface area (Å²) in [5.74, 6) is 1.02. The summed E-state index contributed by atoms with van der Waals surface area (Å²) in [4.78, 5) is 13.5. The summed E-state index contributed by atoms with van der Waals surface area (Å²) < 4.78 is 1.66. The molecule has 0 unspecified atom stereocenters. The quantitative estimate of drug-likeness (QED) is 0.412. The highest BCUT2D eigenvalue weighted by Gasteiger charge is 2.14. The minimum atomic E-state index is -0.0146. The van der Waals surface area contributed by atoms with Crippen LogP contribution in [0.3, 0.4) is 0 Å². The monoisotopic (exact) mass is 140 g/mol. The zero-order valence-electron chi connectivity index (χ0n) is 6.01. The Labute approximate surface area is 58.7 Å². The number of carbonyl (C=O) groups excluding carboxylic acids is 1. The molecule has 0 aliphatic rings. The Kier molecular flexibility index (Phi) is 1.45. The smallest absolute Gasteiger partial charge is 0.324 e. The van der Waals surface area contributed by atoms with Crippen LogP contribution < -0.4 is 10.3 Å². The molecule has 1 heterocycles. The van der Waals surface area contributed by atoms with Gasteiger partial charge in [-0.15, -0.1) is 0 Å². The topological polar surface area (TPSA) is 62.8 Å². The lowest BCUT2D eigenvalue weighted by molar-refractivity contribution is -0.671. The van der Waals surface area contributed by atoms with Crippen molar-refractivity contribution in [3.63, 3.8) is 0 Å². The number of anilines is 1. The highest BCUT2D eigenvalue weighted by molar-refractivity contribution is 5.89. The summed E-state index contributed by atoms with van der Waals surface area (Å²) in [6.07, 6.45) is 1.66. The molecule has 1 aromatic rings. The SMILES string of the molecule is CC(=O)c1[nH]c(N)c[n+]1C. The molecule has 0 amide bonds. The van der Waals surface area contributed by atoms with Crippen LogP contribution in [0.25, 0.3) is 0 Å². The first kappa shape index (κ1) is 6.80. The van der Waals surface area contributed by atoms with Gasteiger partial charge in [-0.05, 0) is 0 Å². The van der Waals surface area contributed by atoms with E-state index in [9.17, 15) is 4.79 Å². The molecule has 3 N–H and O–H groups in total. The van der Waals surface area contributed by atoms with Crippen molar-refractivity contribution in [3.05, 3.63) is 12.0 Å². The first-order valence-corrected chi connectivity index (χ1v) is 2.96. The standard InChI is InChI=1S/C6H9N3O/c1-4(10)6-8-5(7)3-9(6)2/h3H,7H2,1-2H3/p+1. The third kappa shape index (κ3) is 1.00. The molecule has 0 saturated carbocycles. The summed E-state index contributed by atoms with van der Waals surface area (Å²) in [7, 11) is 1.77. The van der Waals surface area contributed by atoms with E-state index >= 15 is 0 Å². The number of imidazole rings is 1. The fraction of sp³-hybridized carbons (Fsp3) is 0.333. The van der Waals surface area contributed by atoms with Gasteiger partial charge in [0, 0.05) is 6.92 Å². The molecule has 0 atom stereocenters. The maximum absolute atomic E-state index is 10.8. The molecule has 54 valence electrons. The van der Waals surface area contributed by atoms with Crippen molar-refractivity contribution in [1.82, 2.24) is 4.98 Å². The zero-order chi connectivity index (χ0) is 7.72. The van der Waals surface area contributed by atoms with Crippen LogP contribution >= 0.6 is 0 Å². The van der Waals surface area contributed by atoms with Gasteiger partial charge in [-0.1, -0.05) is 0 Å². The van der Waals surface area contributed by atoms with Gasteiger partial charge in [0.05, 0.1) is 7.05 Å². The van der Waals surface area contributed by atoms with Gasteiger partial charge in [0.25, 0.3) is 0 Å². The Morgan fingerprint density at radius 3 is 2.60 bits per heavy atom. The van der Waals surface area contributed by atoms with E-state index in [1.54, 1.807) is 17.8 Å². The third-order valence-electron chi connectivity index (χ3n) is 1.28. The van der Waals surface area contributed by atoms with E-state index in [0.717, 1.165) is 0 Å². The first-order chi connectivity index (χ1) is 4.61. The molecule has 0 bridgehead atoms. The van der Waals surface area contributed by atoms with Gasteiger partial charge >= 0.3 is 5.82 Å². The second-order valence-electron chi connectivity index (χ2n) is 2.23. The molecule has 4 heteroatoms. The van der Waals surface area contributed by atoms with Crippen molar-refractivity contribution in [3.8, 4) is 0 Å². The number of nitrogens with zero attached hydrogens (tertiary/aromatic N) is 1. The molecule has 4 nitrogen and oxygen atoms in total. The van der Waals surface area contributed by atoms with Gasteiger partial charge in [0.15, 0.2) is 6.20 Å². The van der Waals surface area contributed by atoms with Gasteiger partial charge in [-0.25, -0.2) is 9.55 Å². The number of nitrogens with two attached hydrogens (primary N) is 1. The molecular weight excluding hydrogens is 130 g/mol. The minimum Gasteiger partial charge on any atom is -0.363 e. The molecule has 0 spiro atoms. The average molecular weight is 140 g/mol. The largest absolute Gasteiger partial charge is 0.363 e. The van der Waals surface area contributed by atoms with E-state index in [1.165, 1.54) is 6.92 Å². The van der Waals surface area contributed by atoms with E-state index in [0.29, 0.717) is 11.6 Å². The maximum atomic E-state index is 10.8. The van der Waals surface area contributed by atoms with Crippen molar-refractivity contribution < 1.29 is 9.36 Å². The van der Waals surface area contributed by atoms with Crippen LogP contribution in [0.1, 0.15) is 17.5 Å². The van der Waals surface area contributed by atoms with Gasteiger partial charge in [-0.2, -0.15) is 0 Å². The van der Waals surface area contributed by atoms with Crippen molar-refractivity contribution in [2.45, 2.75) is 6.92 Å². The van der Waals surface area contributed by atoms with Crippen LogP contribution in [0.2, 0.25) is 0 Å². The van der Waals surface area contributed by atoms with E-state index in [4.69, 9.17) is 5.73 Å². The number of carbonyl (C=O) groups is 1. The number of rotatable bonds is 1. The molecule has 0 aliphatic carbocycles. The maximum Gasteiger partial charge on any atom is 0.324 e. The van der Waals surface area contributed by atoms with Gasteiger partial charge in [-0.3, -0.25) is 4.79 Å². The number of hydrogen-bond donors (Lipinski definition) is 2. The molecule has 1 rings (SSSR count). The Balaban J connectivity index is 3.15. The average Bonchev–Trinajstić information content (AvgIpc) is 2.10. The molecule has 10 heavy (non-hydrogen) atoms. The lowest BCUT2D eigenvalue weighted by Gasteiger charge is -1.83. The second-order valence-corrected chi connectivity index (χ2v) is 2.23. The predicted molar refractivity (Wildman–Crippen MR) is 36.4 cm³/mol. The number of ketones is 1. The molecule has 1 aromatic heterocycles. The van der Waals surface area contributed by atoms with Crippen molar-refractivity contribution in [2.75, 3.05) is 5.73 Å². The third-order valence-corrected chi connectivity index (χ3v) is 1.28. The number of aryl methyl sites for hydroxylation is 1. The van der Waals surface area contributed by atoms with Crippen molar-refractivity contribution in [2.24, 2.45) is 7.05 Å². The van der Waals surface area contributed by atoms with E-state index in [-0.39, 0.29) is 5.78 Å². The Morgan fingerprint density at radius 1 is 1.80 bits per heavy atom. The number of nitrogen functional groups attached to an aromatic ring is 1. The number of hydrogen-bond acceptors (Lipinski definition) is 2. The lowest BCUT2D eigenvalue weighted by atomic mass is 10.4. The molecule has 0 fully saturated rings. The Bertz CT molecular complexity index is 264. The Morgan fingerprint density at radius 2 is 2.40 bits per heavy atom. The van der Waals surface area contributed by atoms with E-state index in [2.05, 4.69) is 4.98 Å². The summed E-state index contributed by atoms with van der Waals surface area (Å²) in [6.45, 7) is 1.49. The molecular formula is C6H10N3O+. The molecule has 0 aliphatic heterocycles. The summed E-state index contributed by atoms with van der Waals surface area (Å²) in [5, 5.41) is 0. The summed E-state index contributed by atoms with van der Waals surface area (Å²) >= 11 is 0. The van der Waals surface area contributed by atoms with Gasteiger partial charge < -0.3 is 5.73 Å². The minimum absolute atomic E-state index is 0.0146. The van der Waals surface area contributed by atoms with Crippen molar-refractivity contribution >= 4 is 11.6 Å². The van der Waals surface area contributed by atoms with Crippen LogP contribution in [-0.4, -0.2) is 10.8 Å². The number of H-pyrrole nitrogens is 1. The molecule has 0 saturated heterocycles. The number of aromatic nitrogens is 2. The van der Waals surface area contributed by atoms with Crippen LogP contribution in [0.4, 0.5) is 5.82 Å². The lowest BCUT2D eigenvalue weighted by Crippen LogP contribution is -2.32. The predicted octanol–water partition coefficient (Wildman–Crippen LogP) is -0.376. The number of Topliss-reactive ketones (excluding diaryl/α,β-unsaturated/α-hetero) is 1. The van der Waals surface area contributed by atoms with Crippen LogP contribution in [0.5, 0.6) is 0 Å². The molecule has 0 radical (unpaired) electrons. The number of aromatic amines is 1. The summed E-state index contributed by atoms with van der Waals surface area (Å²) in [5.41, 5.74) is 5.39. The summed E-state index contributed by atoms with van der Waals surface area (Å²) in [6, 6.07) is 0. The fourth-order valence-electron chi connectivity index (χ4n) is 0.867. The highest BCUT2D eigenvalue weighted by atomic mass is 16.1. The normalized spacial score (nSPS) is 9.80. The van der Waals surface area contributed by atoms with Crippen LogP contribution in [0.15, 0.2) is 6.20 Å². The first-order valence-electron chi connectivity index (χ1n) is 2.96. The van der Waals surface area contributed by atoms with E-state index < -0.39 is 0 Å². The second kappa shape index (κ2) is 2.13. The zero-order valence-corrected chi connectivity index (χ0v) is 6.01. The fourth-order valence-corrected chi connectivity index (χ4v) is 0.867. The van der Waals surface area contributed by atoms with Crippen LogP contribution in [-0.2, 0) is 7.05 Å². The molecule has 0 aromatic carbocycles. The highest BCUT2D eigenvalue weighted by Crippen LogP contribution is 1.94. The van der Waals surface area contributed by atoms with Gasteiger partial charge in [0.1, 0.15) is 0 Å².